The zero-order valence-electron chi connectivity index (χ0n) is 13.2. The third-order valence-corrected chi connectivity index (χ3v) is 4.21. The van der Waals surface area contributed by atoms with Crippen molar-refractivity contribution in [1.29, 1.82) is 0 Å². The van der Waals surface area contributed by atoms with Gasteiger partial charge in [0.2, 0.25) is 11.8 Å². The number of carbonyl (C=O) groups is 5. The van der Waals surface area contributed by atoms with Crippen LogP contribution in [0, 0.1) is 0 Å². The number of carboxylic acid groups (broad SMARTS) is 1. The Bertz CT molecular complexity index is 818. The minimum absolute atomic E-state index is 0.0327. The number of aliphatic carboxylic acids is 1. The highest BCUT2D eigenvalue weighted by atomic mass is 16.4. The molecular weight excluding hydrogens is 330 g/mol. The summed E-state index contributed by atoms with van der Waals surface area (Å²) >= 11 is 0. The molecule has 0 aromatic heterocycles. The number of carbonyl (C=O) groups excluding carboxylic acids is 4. The van der Waals surface area contributed by atoms with Crippen LogP contribution in [0.15, 0.2) is 18.2 Å². The Labute approximate surface area is 142 Å². The Morgan fingerprint density at radius 2 is 2.00 bits per heavy atom. The first-order valence-electron chi connectivity index (χ1n) is 7.65. The van der Waals surface area contributed by atoms with Gasteiger partial charge in [0.05, 0.1) is 11.1 Å². The van der Waals surface area contributed by atoms with Gasteiger partial charge in [0.15, 0.2) is 0 Å². The van der Waals surface area contributed by atoms with Gasteiger partial charge in [-0.3, -0.25) is 34.2 Å². The monoisotopic (exact) mass is 345 g/mol. The Kier molecular flexibility index (Phi) is 3.99. The van der Waals surface area contributed by atoms with E-state index in [1.54, 1.807) is 0 Å². The molecule has 0 aliphatic carbocycles. The second-order valence-electron chi connectivity index (χ2n) is 5.88. The Morgan fingerprint density at radius 1 is 1.28 bits per heavy atom. The van der Waals surface area contributed by atoms with E-state index in [2.05, 4.69) is 10.6 Å². The maximum atomic E-state index is 12.8. The van der Waals surface area contributed by atoms with Gasteiger partial charge in [-0.25, -0.2) is 0 Å². The first-order chi connectivity index (χ1) is 11.8. The molecule has 1 unspecified atom stereocenters. The fourth-order valence-corrected chi connectivity index (χ4v) is 2.93. The van der Waals surface area contributed by atoms with E-state index in [-0.39, 0.29) is 29.7 Å². The molecule has 130 valence electrons. The lowest BCUT2D eigenvalue weighted by Gasteiger charge is -2.27. The number of benzene rings is 1. The van der Waals surface area contributed by atoms with Crippen molar-refractivity contribution in [3.8, 4) is 0 Å². The highest BCUT2D eigenvalue weighted by molar-refractivity contribution is 6.25. The highest BCUT2D eigenvalue weighted by Gasteiger charge is 2.45. The number of hydrogen-bond donors (Lipinski definition) is 3. The lowest BCUT2D eigenvalue weighted by atomic mass is 10.0. The molecule has 1 saturated heterocycles. The summed E-state index contributed by atoms with van der Waals surface area (Å²) in [7, 11) is 0. The fourth-order valence-electron chi connectivity index (χ4n) is 2.93. The van der Waals surface area contributed by atoms with Crippen LogP contribution in [0.25, 0.3) is 0 Å². The summed E-state index contributed by atoms with van der Waals surface area (Å²) < 4.78 is 0. The van der Waals surface area contributed by atoms with Gasteiger partial charge >= 0.3 is 5.97 Å². The number of piperidine rings is 1. The van der Waals surface area contributed by atoms with Crippen molar-refractivity contribution in [2.75, 3.05) is 5.32 Å². The molecule has 3 N–H and O–H groups in total. The molecule has 1 aromatic rings. The minimum Gasteiger partial charge on any atom is -0.480 e. The number of amides is 4. The average molecular weight is 345 g/mol. The summed E-state index contributed by atoms with van der Waals surface area (Å²) in [6.45, 7) is 1.40. The SMILES string of the molecule is C[C@@H](Nc1cccc2c1C(=O)N(C1CCC(=O)NC1=O)C2=O)C(=O)O. The molecule has 25 heavy (non-hydrogen) atoms. The van der Waals surface area contributed by atoms with Crippen LogP contribution >= 0.6 is 0 Å². The summed E-state index contributed by atoms with van der Waals surface area (Å²) in [5.74, 6) is -3.58. The normalized spacial score (nSPS) is 21.0. The van der Waals surface area contributed by atoms with Crippen molar-refractivity contribution in [3.05, 3.63) is 29.3 Å². The van der Waals surface area contributed by atoms with Crippen molar-refractivity contribution in [2.24, 2.45) is 0 Å². The number of nitrogens with zero attached hydrogens (tertiary/aromatic N) is 1. The van der Waals surface area contributed by atoms with Gasteiger partial charge in [-0.2, -0.15) is 0 Å². The molecule has 2 aliphatic rings. The summed E-state index contributed by atoms with van der Waals surface area (Å²) in [6, 6.07) is 2.43. The number of rotatable bonds is 4. The van der Waals surface area contributed by atoms with Gasteiger partial charge in [0.25, 0.3) is 11.8 Å². The third kappa shape index (κ3) is 2.73. The maximum Gasteiger partial charge on any atom is 0.325 e. The van der Waals surface area contributed by atoms with Crippen molar-refractivity contribution in [3.63, 3.8) is 0 Å². The molecule has 0 bridgehead atoms. The topological polar surface area (TPSA) is 133 Å². The van der Waals surface area contributed by atoms with Crippen molar-refractivity contribution < 1.29 is 29.1 Å². The van der Waals surface area contributed by atoms with Crippen molar-refractivity contribution >= 4 is 35.3 Å². The highest BCUT2D eigenvalue weighted by Crippen LogP contribution is 2.32. The van der Waals surface area contributed by atoms with Crippen LogP contribution in [0.3, 0.4) is 0 Å². The van der Waals surface area contributed by atoms with Gasteiger partial charge < -0.3 is 10.4 Å². The number of anilines is 1. The van der Waals surface area contributed by atoms with E-state index in [4.69, 9.17) is 5.11 Å². The number of carboxylic acids is 1. The van der Waals surface area contributed by atoms with E-state index in [9.17, 15) is 24.0 Å². The van der Waals surface area contributed by atoms with Crippen LogP contribution in [0.5, 0.6) is 0 Å². The maximum absolute atomic E-state index is 12.8. The molecule has 2 heterocycles. The Balaban J connectivity index is 1.95. The van der Waals surface area contributed by atoms with E-state index in [0.717, 1.165) is 4.90 Å². The number of imide groups is 2. The zero-order valence-corrected chi connectivity index (χ0v) is 13.2. The largest absolute Gasteiger partial charge is 0.480 e. The fraction of sp³-hybridized carbons (Fsp3) is 0.312. The van der Waals surface area contributed by atoms with Crippen LogP contribution < -0.4 is 10.6 Å². The molecule has 2 aliphatic heterocycles. The second-order valence-corrected chi connectivity index (χ2v) is 5.88. The molecule has 4 amide bonds. The molecule has 0 spiro atoms. The van der Waals surface area contributed by atoms with Crippen LogP contribution in [0.4, 0.5) is 5.69 Å². The number of fused-ring (bicyclic) bond motifs is 1. The van der Waals surface area contributed by atoms with E-state index in [1.165, 1.54) is 25.1 Å². The van der Waals surface area contributed by atoms with E-state index >= 15 is 0 Å². The van der Waals surface area contributed by atoms with Crippen LogP contribution in [0.1, 0.15) is 40.5 Å². The minimum atomic E-state index is -1.11. The molecule has 9 heteroatoms. The lowest BCUT2D eigenvalue weighted by Crippen LogP contribution is -2.54. The lowest BCUT2D eigenvalue weighted by molar-refractivity contribution is -0.138. The Hall–Kier alpha value is -3.23. The van der Waals surface area contributed by atoms with E-state index in [1.807, 2.05) is 0 Å². The quantitative estimate of drug-likeness (QED) is 0.653. The first kappa shape index (κ1) is 16.6. The molecular formula is C16H15N3O6. The van der Waals surface area contributed by atoms with Gasteiger partial charge in [0, 0.05) is 12.1 Å². The predicted molar refractivity (Wildman–Crippen MR) is 83.8 cm³/mol. The standard InChI is InChI=1S/C16H15N3O6/c1-7(16(24)25)17-9-4-2-3-8-12(9)15(23)19(14(8)22)10-5-6-11(20)18-13(10)21/h2-4,7,10,17H,5-6H2,1H3,(H,24,25)(H,18,20,21)/t7-,10?/m1/s1. The van der Waals surface area contributed by atoms with Crippen LogP contribution in [0.2, 0.25) is 0 Å². The van der Waals surface area contributed by atoms with Crippen LogP contribution in [-0.2, 0) is 14.4 Å². The second kappa shape index (κ2) is 6.00. The molecule has 0 saturated carbocycles. The van der Waals surface area contributed by atoms with Gasteiger partial charge in [-0.1, -0.05) is 6.07 Å². The molecule has 3 rings (SSSR count). The summed E-state index contributed by atoms with van der Waals surface area (Å²) in [6.07, 6.45) is 0.0927. The first-order valence-corrected chi connectivity index (χ1v) is 7.65. The predicted octanol–water partition coefficient (Wildman–Crippen LogP) is -0.0272. The number of nitrogens with one attached hydrogen (secondary N) is 2. The van der Waals surface area contributed by atoms with Crippen molar-refractivity contribution in [2.45, 2.75) is 31.8 Å². The summed E-state index contributed by atoms with van der Waals surface area (Å²) in [5, 5.41) is 13.8. The average Bonchev–Trinajstić information content (AvgIpc) is 2.80. The van der Waals surface area contributed by atoms with Crippen molar-refractivity contribution in [1.82, 2.24) is 10.2 Å². The molecule has 1 fully saturated rings. The molecule has 1 aromatic carbocycles. The molecule has 0 radical (unpaired) electrons. The third-order valence-electron chi connectivity index (χ3n) is 4.21. The molecule has 2 atom stereocenters. The zero-order chi connectivity index (χ0) is 18.3. The van der Waals surface area contributed by atoms with Gasteiger partial charge in [0.1, 0.15) is 12.1 Å². The smallest absolute Gasteiger partial charge is 0.325 e. The summed E-state index contributed by atoms with van der Waals surface area (Å²) in [5.41, 5.74) is 0.336. The summed E-state index contributed by atoms with van der Waals surface area (Å²) in [4.78, 5) is 60.5. The van der Waals surface area contributed by atoms with Gasteiger partial charge in [-0.15, -0.1) is 0 Å². The molecule has 9 nitrogen and oxygen atoms in total. The Morgan fingerprint density at radius 3 is 2.64 bits per heavy atom. The van der Waals surface area contributed by atoms with E-state index < -0.39 is 41.7 Å². The van der Waals surface area contributed by atoms with Crippen LogP contribution in [-0.4, -0.2) is 51.7 Å². The number of hydrogen-bond acceptors (Lipinski definition) is 6. The van der Waals surface area contributed by atoms with Gasteiger partial charge in [-0.05, 0) is 25.5 Å². The van der Waals surface area contributed by atoms with E-state index in [0.29, 0.717) is 0 Å².